The summed E-state index contributed by atoms with van der Waals surface area (Å²) in [7, 11) is 0.810. The summed E-state index contributed by atoms with van der Waals surface area (Å²) >= 11 is 6.06. The molecule has 1 fully saturated rings. The molecular weight excluding hydrogens is 618 g/mol. The Balaban J connectivity index is 2.05. The number of amides is 1. The molecule has 0 atom stereocenters. The number of rotatable bonds is 9. The normalized spacial score (nSPS) is 15.7. The number of hydrogen-bond acceptors (Lipinski definition) is 6. The van der Waals surface area contributed by atoms with E-state index in [4.69, 9.17) is 17.3 Å². The predicted molar refractivity (Wildman–Crippen MR) is 126 cm³/mol. The number of hydrogen-bond donors (Lipinski definition) is 1. The van der Waals surface area contributed by atoms with Crippen molar-refractivity contribution in [2.75, 3.05) is 6.54 Å². The van der Waals surface area contributed by atoms with Gasteiger partial charge in [-0.1, -0.05) is 17.7 Å². The first-order valence-corrected chi connectivity index (χ1v) is 11.7. The summed E-state index contributed by atoms with van der Waals surface area (Å²) in [5, 5.41) is 12.0. The van der Waals surface area contributed by atoms with Crippen LogP contribution < -0.4 is 10.5 Å². The van der Waals surface area contributed by atoms with E-state index in [-0.39, 0.29) is 29.0 Å². The number of carbonyl (C=O) groups excluding carboxylic acids is 1. The van der Waals surface area contributed by atoms with Crippen molar-refractivity contribution in [2.24, 2.45) is 17.8 Å². The molecule has 1 heterocycles. The highest BCUT2D eigenvalue weighted by Crippen LogP contribution is 2.49. The smallest absolute Gasteiger partial charge is 0.428 e. The number of halogens is 11. The summed E-state index contributed by atoms with van der Waals surface area (Å²) in [5.74, 6) is -9.68. The molecule has 1 aliphatic carbocycles. The fourth-order valence-electron chi connectivity index (χ4n) is 3.69. The van der Waals surface area contributed by atoms with Crippen LogP contribution >= 0.6 is 11.6 Å². The van der Waals surface area contributed by atoms with Crippen LogP contribution in [0.2, 0.25) is 5.02 Å². The Labute approximate surface area is 234 Å². The standard InChI is InChI=1S/C23H17ClF10N6O2/c1-39-17(15(42-19(25)26)16(38-39)22(30,31)23(32,33)34)37-8-12(7-35)11-2-3-14(24)13(6-11)18(41)40(10-21(27,28)29)20(9-36)4-5-20/h2-3,6-8,19H,4-5,10,35H2,1H3/b12-7+,37-8+. The highest BCUT2D eigenvalue weighted by molar-refractivity contribution is 6.34. The number of ether oxygens (including phenoxy) is 1. The van der Waals surface area contributed by atoms with Crippen LogP contribution in [-0.2, 0) is 13.0 Å². The largest absolute Gasteiger partial charge is 0.459 e. The summed E-state index contributed by atoms with van der Waals surface area (Å²) in [6.07, 6.45) is -9.65. The number of aromatic nitrogens is 2. The Morgan fingerprint density at radius 2 is 1.88 bits per heavy atom. The number of alkyl halides is 10. The lowest BCUT2D eigenvalue weighted by Gasteiger charge is -2.28. The Hall–Kier alpha value is -4.01. The average molecular weight is 635 g/mol. The van der Waals surface area contributed by atoms with E-state index in [1.54, 1.807) is 6.07 Å². The van der Waals surface area contributed by atoms with Crippen molar-refractivity contribution in [3.8, 4) is 11.8 Å². The zero-order chi connectivity index (χ0) is 31.8. The maximum Gasteiger partial charge on any atom is 0.459 e. The summed E-state index contributed by atoms with van der Waals surface area (Å²) in [5.41, 5.74) is 0.839. The van der Waals surface area contributed by atoms with E-state index in [1.807, 2.05) is 0 Å². The molecule has 42 heavy (non-hydrogen) atoms. The zero-order valence-corrected chi connectivity index (χ0v) is 21.6. The maximum absolute atomic E-state index is 14.0. The molecule has 0 spiro atoms. The fraction of sp³-hybridized carbons (Fsp3) is 0.391. The molecular formula is C23H17ClF10N6O2. The third kappa shape index (κ3) is 6.55. The topological polar surface area (TPSA) is 110 Å². The molecule has 228 valence electrons. The number of benzene rings is 1. The molecule has 1 aromatic heterocycles. The van der Waals surface area contributed by atoms with Gasteiger partial charge >= 0.3 is 24.9 Å². The Morgan fingerprint density at radius 1 is 1.26 bits per heavy atom. The van der Waals surface area contributed by atoms with Gasteiger partial charge in [0.25, 0.3) is 5.91 Å². The molecule has 19 heteroatoms. The van der Waals surface area contributed by atoms with Crippen LogP contribution in [0.25, 0.3) is 5.57 Å². The van der Waals surface area contributed by atoms with Crippen molar-refractivity contribution in [1.82, 2.24) is 14.7 Å². The van der Waals surface area contributed by atoms with Crippen molar-refractivity contribution in [1.29, 1.82) is 5.26 Å². The first-order chi connectivity index (χ1) is 19.3. The Bertz CT molecular complexity index is 1460. The molecule has 1 aliphatic rings. The molecule has 0 bridgehead atoms. The molecule has 8 nitrogen and oxygen atoms in total. The monoisotopic (exact) mass is 634 g/mol. The lowest BCUT2D eigenvalue weighted by molar-refractivity contribution is -0.291. The third-order valence-corrected chi connectivity index (χ3v) is 6.23. The van der Waals surface area contributed by atoms with Crippen molar-refractivity contribution in [2.45, 2.75) is 43.3 Å². The van der Waals surface area contributed by atoms with E-state index in [1.165, 1.54) is 6.07 Å². The van der Waals surface area contributed by atoms with Gasteiger partial charge in [-0.25, -0.2) is 9.67 Å². The van der Waals surface area contributed by atoms with Crippen LogP contribution in [0, 0.1) is 11.3 Å². The molecule has 0 saturated heterocycles. The molecule has 0 aliphatic heterocycles. The predicted octanol–water partition coefficient (Wildman–Crippen LogP) is 6.09. The van der Waals surface area contributed by atoms with Crippen molar-refractivity contribution >= 4 is 35.1 Å². The van der Waals surface area contributed by atoms with Crippen LogP contribution in [-0.4, -0.2) is 57.8 Å². The molecule has 2 N–H and O–H groups in total. The van der Waals surface area contributed by atoms with Crippen molar-refractivity contribution < 1.29 is 53.4 Å². The summed E-state index contributed by atoms with van der Waals surface area (Å²) in [4.78, 5) is 17.1. The first kappa shape index (κ1) is 32.5. The minimum Gasteiger partial charge on any atom is -0.428 e. The minimum atomic E-state index is -6.23. The average Bonchev–Trinajstić information content (AvgIpc) is 3.61. The second-order valence-corrected chi connectivity index (χ2v) is 9.21. The van der Waals surface area contributed by atoms with Gasteiger partial charge in [-0.15, -0.1) is 0 Å². The molecule has 1 amide bonds. The van der Waals surface area contributed by atoms with E-state index >= 15 is 0 Å². The SMILES string of the molecule is Cn1nc(C(F)(F)C(F)(F)F)c(OC(F)F)c1/N=C/C(=C\N)c1ccc(Cl)c(C(=O)N(CC(F)(F)F)C2(C#N)CC2)c1. The minimum absolute atomic E-state index is 0.0215. The summed E-state index contributed by atoms with van der Waals surface area (Å²) in [6, 6.07) is 4.93. The number of allylic oxidation sites excluding steroid dienone is 1. The quantitative estimate of drug-likeness (QED) is 0.265. The molecule has 3 rings (SSSR count). The first-order valence-electron chi connectivity index (χ1n) is 11.3. The van der Waals surface area contributed by atoms with Gasteiger partial charge in [-0.3, -0.25) is 4.79 Å². The van der Waals surface area contributed by atoms with Gasteiger partial charge in [0.2, 0.25) is 0 Å². The van der Waals surface area contributed by atoms with Gasteiger partial charge in [0.15, 0.2) is 17.3 Å². The zero-order valence-electron chi connectivity index (χ0n) is 20.9. The van der Waals surface area contributed by atoms with Gasteiger partial charge in [0.05, 0.1) is 16.7 Å². The Kier molecular flexibility index (Phi) is 8.78. The second-order valence-electron chi connectivity index (χ2n) is 8.80. The van der Waals surface area contributed by atoms with Crippen molar-refractivity contribution in [3.05, 3.63) is 46.2 Å². The molecule has 0 radical (unpaired) electrons. The number of nitrogens with two attached hydrogens (primary N) is 1. The number of aryl methyl sites for hydroxylation is 1. The highest BCUT2D eigenvalue weighted by atomic mass is 35.5. The van der Waals surface area contributed by atoms with Gasteiger partial charge in [0.1, 0.15) is 12.1 Å². The van der Waals surface area contributed by atoms with Gasteiger partial charge in [0, 0.05) is 25.0 Å². The highest BCUT2D eigenvalue weighted by Gasteiger charge is 2.62. The maximum atomic E-state index is 14.0. The van der Waals surface area contributed by atoms with Crippen LogP contribution in [0.4, 0.5) is 49.7 Å². The number of nitrogens with zero attached hydrogens (tertiary/aromatic N) is 5. The second kappa shape index (κ2) is 11.3. The third-order valence-electron chi connectivity index (χ3n) is 5.90. The van der Waals surface area contributed by atoms with Crippen LogP contribution in [0.1, 0.15) is 34.5 Å². The van der Waals surface area contributed by atoms with E-state index < -0.39 is 65.7 Å². The fourth-order valence-corrected chi connectivity index (χ4v) is 3.89. The van der Waals surface area contributed by atoms with E-state index in [2.05, 4.69) is 14.8 Å². The van der Waals surface area contributed by atoms with Crippen LogP contribution in [0.3, 0.4) is 0 Å². The lowest BCUT2D eigenvalue weighted by atomic mass is 10.0. The lowest BCUT2D eigenvalue weighted by Crippen LogP contribution is -2.46. The van der Waals surface area contributed by atoms with Crippen LogP contribution in [0.5, 0.6) is 5.75 Å². The molecule has 1 saturated carbocycles. The number of nitriles is 1. The van der Waals surface area contributed by atoms with Gasteiger partial charge < -0.3 is 15.4 Å². The molecule has 0 unspecified atom stereocenters. The van der Waals surface area contributed by atoms with E-state index in [9.17, 15) is 54.0 Å². The van der Waals surface area contributed by atoms with Gasteiger partial charge in [-0.2, -0.15) is 54.3 Å². The van der Waals surface area contributed by atoms with Crippen molar-refractivity contribution in [3.63, 3.8) is 0 Å². The summed E-state index contributed by atoms with van der Waals surface area (Å²) < 4.78 is 137. The molecule has 2 aromatic rings. The van der Waals surface area contributed by atoms with E-state index in [0.717, 1.165) is 25.4 Å². The van der Waals surface area contributed by atoms with Crippen LogP contribution in [0.15, 0.2) is 29.4 Å². The van der Waals surface area contributed by atoms with E-state index in [0.29, 0.717) is 15.8 Å². The Morgan fingerprint density at radius 3 is 2.36 bits per heavy atom. The molecule has 1 aromatic carbocycles. The summed E-state index contributed by atoms with van der Waals surface area (Å²) in [6.45, 7) is -5.62. The number of aliphatic imine (C=N–C) groups is 1. The van der Waals surface area contributed by atoms with Gasteiger partial charge in [-0.05, 0) is 30.5 Å². The number of carbonyl (C=O) groups is 1.